The highest BCUT2D eigenvalue weighted by Gasteiger charge is 2.31. The topological polar surface area (TPSA) is 57.6 Å². The van der Waals surface area contributed by atoms with Crippen molar-refractivity contribution >= 4 is 0 Å². The molecule has 1 saturated heterocycles. The number of nitrogens with zero attached hydrogens (tertiary/aromatic N) is 2. The molecule has 0 spiro atoms. The molecule has 1 aromatic heterocycles. The molecule has 1 aromatic rings. The second-order valence-electron chi connectivity index (χ2n) is 6.78. The van der Waals surface area contributed by atoms with Crippen LogP contribution in [0.4, 0.5) is 0 Å². The minimum absolute atomic E-state index is 0.116. The molecule has 5 heteroatoms. The van der Waals surface area contributed by atoms with Gasteiger partial charge in [0.2, 0.25) is 5.88 Å². The Hall–Kier alpha value is -1.17. The Kier molecular flexibility index (Phi) is 5.86. The molecule has 2 atom stereocenters. The summed E-state index contributed by atoms with van der Waals surface area (Å²) in [6.07, 6.45) is 6.76. The summed E-state index contributed by atoms with van der Waals surface area (Å²) in [5, 5.41) is 13.8. The first-order valence-electron chi connectivity index (χ1n) is 8.91. The lowest BCUT2D eigenvalue weighted by atomic mass is 9.89. The van der Waals surface area contributed by atoms with Crippen molar-refractivity contribution in [1.29, 1.82) is 0 Å². The first-order chi connectivity index (χ1) is 11.3. The summed E-state index contributed by atoms with van der Waals surface area (Å²) in [7, 11) is 1.65. The van der Waals surface area contributed by atoms with Crippen LogP contribution in [0.5, 0.6) is 5.88 Å². The van der Waals surface area contributed by atoms with Gasteiger partial charge in [0.05, 0.1) is 18.9 Å². The van der Waals surface area contributed by atoms with E-state index in [4.69, 9.17) is 4.74 Å². The number of aliphatic hydroxyl groups excluding tert-OH is 1. The van der Waals surface area contributed by atoms with Crippen LogP contribution >= 0.6 is 0 Å². The molecule has 1 aliphatic carbocycles. The Morgan fingerprint density at radius 1 is 1.22 bits per heavy atom. The van der Waals surface area contributed by atoms with E-state index in [0.717, 1.165) is 51.0 Å². The number of ether oxygens (including phenoxy) is 1. The number of hydrogen-bond acceptors (Lipinski definition) is 5. The molecule has 0 bridgehead atoms. The summed E-state index contributed by atoms with van der Waals surface area (Å²) < 4.78 is 5.17. The number of likely N-dealkylation sites (tertiary alicyclic amines) is 1. The molecule has 3 rings (SSSR count). The maximum Gasteiger partial charge on any atom is 0.213 e. The van der Waals surface area contributed by atoms with Crippen LogP contribution in [0.2, 0.25) is 0 Å². The van der Waals surface area contributed by atoms with E-state index in [9.17, 15) is 5.11 Å². The first-order valence-corrected chi connectivity index (χ1v) is 8.91. The highest BCUT2D eigenvalue weighted by Crippen LogP contribution is 2.26. The monoisotopic (exact) mass is 319 g/mol. The molecule has 2 heterocycles. The Morgan fingerprint density at radius 2 is 2.00 bits per heavy atom. The van der Waals surface area contributed by atoms with Crippen molar-refractivity contribution in [3.63, 3.8) is 0 Å². The van der Waals surface area contributed by atoms with Gasteiger partial charge in [0, 0.05) is 37.8 Å². The number of methoxy groups -OCH3 is 1. The van der Waals surface area contributed by atoms with Gasteiger partial charge in [-0.3, -0.25) is 4.90 Å². The average Bonchev–Trinajstić information content (AvgIpc) is 2.61. The molecule has 2 N–H and O–H groups in total. The van der Waals surface area contributed by atoms with Gasteiger partial charge in [0.25, 0.3) is 0 Å². The number of rotatable bonds is 5. The van der Waals surface area contributed by atoms with Crippen LogP contribution < -0.4 is 10.1 Å². The van der Waals surface area contributed by atoms with E-state index in [1.165, 1.54) is 12.8 Å². The molecule has 1 saturated carbocycles. The Balaban J connectivity index is 1.43. The highest BCUT2D eigenvalue weighted by molar-refractivity contribution is 5.15. The minimum Gasteiger partial charge on any atom is -0.481 e. The summed E-state index contributed by atoms with van der Waals surface area (Å²) in [6, 6.07) is 6.82. The van der Waals surface area contributed by atoms with Crippen molar-refractivity contribution in [2.75, 3.05) is 20.2 Å². The number of pyridine rings is 1. The van der Waals surface area contributed by atoms with E-state index < -0.39 is 0 Å². The molecule has 0 amide bonds. The maximum atomic E-state index is 10.2. The molecule has 128 valence electrons. The summed E-state index contributed by atoms with van der Waals surface area (Å²) >= 11 is 0. The number of piperidine rings is 1. The van der Waals surface area contributed by atoms with Gasteiger partial charge in [0.15, 0.2) is 0 Å². The van der Waals surface area contributed by atoms with Crippen molar-refractivity contribution in [2.45, 2.75) is 63.3 Å². The number of hydrogen-bond donors (Lipinski definition) is 2. The molecular formula is C18H29N3O2. The van der Waals surface area contributed by atoms with Gasteiger partial charge in [-0.2, -0.15) is 0 Å². The fourth-order valence-corrected chi connectivity index (χ4v) is 3.87. The quantitative estimate of drug-likeness (QED) is 0.869. The molecular weight excluding hydrogens is 290 g/mol. The second-order valence-corrected chi connectivity index (χ2v) is 6.78. The van der Waals surface area contributed by atoms with Gasteiger partial charge in [-0.15, -0.1) is 0 Å². The largest absolute Gasteiger partial charge is 0.481 e. The molecule has 2 aliphatic rings. The SMILES string of the molecule is COc1cccc(CNC2CCN(C3CCCCC3O)CC2)n1. The van der Waals surface area contributed by atoms with Gasteiger partial charge in [-0.1, -0.05) is 18.9 Å². The number of aliphatic hydroxyl groups is 1. The zero-order valence-electron chi connectivity index (χ0n) is 14.1. The lowest BCUT2D eigenvalue weighted by molar-refractivity contribution is 0.00712. The van der Waals surface area contributed by atoms with Crippen LogP contribution in [0.15, 0.2) is 18.2 Å². The Morgan fingerprint density at radius 3 is 2.74 bits per heavy atom. The van der Waals surface area contributed by atoms with E-state index in [2.05, 4.69) is 15.2 Å². The van der Waals surface area contributed by atoms with E-state index in [0.29, 0.717) is 18.0 Å². The lowest BCUT2D eigenvalue weighted by Crippen LogP contribution is -2.51. The van der Waals surface area contributed by atoms with Crippen molar-refractivity contribution in [3.8, 4) is 5.88 Å². The molecule has 5 nitrogen and oxygen atoms in total. The fraction of sp³-hybridized carbons (Fsp3) is 0.722. The third-order valence-corrected chi connectivity index (χ3v) is 5.25. The highest BCUT2D eigenvalue weighted by atomic mass is 16.5. The summed E-state index contributed by atoms with van der Waals surface area (Å²) in [5.41, 5.74) is 1.02. The molecule has 2 unspecified atom stereocenters. The molecule has 0 aromatic carbocycles. The van der Waals surface area contributed by atoms with E-state index in [1.807, 2.05) is 18.2 Å². The third-order valence-electron chi connectivity index (χ3n) is 5.25. The predicted octanol–water partition coefficient (Wildman–Crippen LogP) is 1.95. The molecule has 0 radical (unpaired) electrons. The maximum absolute atomic E-state index is 10.2. The van der Waals surface area contributed by atoms with Gasteiger partial charge in [0.1, 0.15) is 0 Å². The van der Waals surface area contributed by atoms with Crippen molar-refractivity contribution < 1.29 is 9.84 Å². The van der Waals surface area contributed by atoms with Crippen molar-refractivity contribution in [1.82, 2.24) is 15.2 Å². The van der Waals surface area contributed by atoms with Crippen LogP contribution in [-0.4, -0.2) is 53.4 Å². The standard InChI is InChI=1S/C18H29N3O2/c1-23-18-8-4-5-15(20-18)13-19-14-9-11-21(12-10-14)16-6-2-3-7-17(16)22/h4-5,8,14,16-17,19,22H,2-3,6-7,9-13H2,1H3. The summed E-state index contributed by atoms with van der Waals surface area (Å²) in [4.78, 5) is 6.95. The zero-order chi connectivity index (χ0) is 16.1. The minimum atomic E-state index is -0.116. The van der Waals surface area contributed by atoms with Gasteiger partial charge in [-0.25, -0.2) is 4.98 Å². The smallest absolute Gasteiger partial charge is 0.213 e. The van der Waals surface area contributed by atoms with Crippen LogP contribution in [0.3, 0.4) is 0 Å². The normalized spacial score (nSPS) is 27.0. The molecule has 23 heavy (non-hydrogen) atoms. The van der Waals surface area contributed by atoms with Gasteiger partial charge in [-0.05, 0) is 31.7 Å². The van der Waals surface area contributed by atoms with E-state index in [-0.39, 0.29) is 6.10 Å². The molecule has 2 fully saturated rings. The average molecular weight is 319 g/mol. The Labute approximate surface area is 139 Å². The fourth-order valence-electron chi connectivity index (χ4n) is 3.87. The Bertz CT molecular complexity index is 489. The van der Waals surface area contributed by atoms with Crippen molar-refractivity contribution in [2.24, 2.45) is 0 Å². The number of aromatic nitrogens is 1. The van der Waals surface area contributed by atoms with Crippen LogP contribution in [0.25, 0.3) is 0 Å². The predicted molar refractivity (Wildman–Crippen MR) is 90.5 cm³/mol. The van der Waals surface area contributed by atoms with Crippen LogP contribution in [-0.2, 0) is 6.54 Å². The summed E-state index contributed by atoms with van der Waals surface area (Å²) in [5.74, 6) is 0.672. The third kappa shape index (κ3) is 4.43. The first kappa shape index (κ1) is 16.7. The second kappa shape index (κ2) is 8.08. The van der Waals surface area contributed by atoms with Gasteiger partial charge >= 0.3 is 0 Å². The van der Waals surface area contributed by atoms with Crippen molar-refractivity contribution in [3.05, 3.63) is 23.9 Å². The van der Waals surface area contributed by atoms with E-state index in [1.54, 1.807) is 7.11 Å². The molecule has 1 aliphatic heterocycles. The number of nitrogens with one attached hydrogen (secondary N) is 1. The van der Waals surface area contributed by atoms with Crippen LogP contribution in [0, 0.1) is 0 Å². The summed E-state index contributed by atoms with van der Waals surface area (Å²) in [6.45, 7) is 2.96. The van der Waals surface area contributed by atoms with E-state index >= 15 is 0 Å². The zero-order valence-corrected chi connectivity index (χ0v) is 14.1. The van der Waals surface area contributed by atoms with Crippen LogP contribution in [0.1, 0.15) is 44.2 Å². The lowest BCUT2D eigenvalue weighted by Gasteiger charge is -2.41. The van der Waals surface area contributed by atoms with Gasteiger partial charge < -0.3 is 15.2 Å².